The normalized spacial score (nSPS) is 13.4. The molecule has 5 heteroatoms. The largest absolute Gasteiger partial charge is 0.319 e. The van der Waals surface area contributed by atoms with Gasteiger partial charge in [-0.05, 0) is 11.8 Å². The molecule has 0 saturated heterocycles. The number of halogens is 4. The van der Waals surface area contributed by atoms with Gasteiger partial charge in [0.25, 0.3) is 0 Å². The summed E-state index contributed by atoms with van der Waals surface area (Å²) >= 11 is 0. The molecule has 0 aromatic carbocycles. The van der Waals surface area contributed by atoms with Crippen LogP contribution in [0.5, 0.6) is 0 Å². The van der Waals surface area contributed by atoms with Gasteiger partial charge in [0.05, 0.1) is 6.54 Å². The van der Waals surface area contributed by atoms with Crippen molar-refractivity contribution in [1.82, 2.24) is 5.32 Å². The highest BCUT2D eigenvalue weighted by molar-refractivity contribution is 4.76. The minimum Gasteiger partial charge on any atom is -0.310 e. The predicted octanol–water partition coefficient (Wildman–Crippen LogP) is 4.08. The standard InChI is InChI=1S/C12H23F4N/c1-4-5-6-7-11(2,3)8-17-9-12(15,16)10(13)14/h10,17H,4-9H2,1-3H3. The lowest BCUT2D eigenvalue weighted by Crippen LogP contribution is -2.42. The molecule has 0 spiro atoms. The molecular formula is C12H23F4N. The first kappa shape index (κ1) is 16.7. The Morgan fingerprint density at radius 1 is 1.06 bits per heavy atom. The van der Waals surface area contributed by atoms with Crippen LogP contribution in [0.4, 0.5) is 17.6 Å². The van der Waals surface area contributed by atoms with Crippen LogP contribution in [0.3, 0.4) is 0 Å². The van der Waals surface area contributed by atoms with Crippen molar-refractivity contribution >= 4 is 0 Å². The topological polar surface area (TPSA) is 12.0 Å². The first-order valence-corrected chi connectivity index (χ1v) is 6.08. The average molecular weight is 257 g/mol. The van der Waals surface area contributed by atoms with Gasteiger partial charge in [0, 0.05) is 6.54 Å². The number of unbranched alkanes of at least 4 members (excludes halogenated alkanes) is 2. The Morgan fingerprint density at radius 2 is 1.65 bits per heavy atom. The quantitative estimate of drug-likeness (QED) is 0.484. The molecule has 0 atom stereocenters. The number of rotatable bonds is 9. The van der Waals surface area contributed by atoms with Gasteiger partial charge in [-0.15, -0.1) is 0 Å². The molecule has 17 heavy (non-hydrogen) atoms. The molecule has 0 aromatic heterocycles. The van der Waals surface area contributed by atoms with Gasteiger partial charge in [-0.2, -0.15) is 8.78 Å². The third-order valence-corrected chi connectivity index (χ3v) is 2.74. The maximum Gasteiger partial charge on any atom is 0.319 e. The number of alkyl halides is 4. The molecular weight excluding hydrogens is 234 g/mol. The van der Waals surface area contributed by atoms with Crippen LogP contribution in [0.2, 0.25) is 0 Å². The minimum absolute atomic E-state index is 0.132. The summed E-state index contributed by atoms with van der Waals surface area (Å²) in [7, 11) is 0. The molecule has 0 aromatic rings. The maximum atomic E-state index is 12.6. The van der Waals surface area contributed by atoms with Crippen LogP contribution in [-0.4, -0.2) is 25.4 Å². The lowest BCUT2D eigenvalue weighted by Gasteiger charge is -2.26. The Balaban J connectivity index is 3.86. The minimum atomic E-state index is -3.93. The van der Waals surface area contributed by atoms with Crippen LogP contribution >= 0.6 is 0 Å². The highest BCUT2D eigenvalue weighted by atomic mass is 19.3. The summed E-state index contributed by atoms with van der Waals surface area (Å²) < 4.78 is 49.0. The van der Waals surface area contributed by atoms with Crippen LogP contribution < -0.4 is 5.32 Å². The number of hydrogen-bond acceptors (Lipinski definition) is 1. The lowest BCUT2D eigenvalue weighted by molar-refractivity contribution is -0.125. The lowest BCUT2D eigenvalue weighted by atomic mass is 9.87. The average Bonchev–Trinajstić information content (AvgIpc) is 2.16. The van der Waals surface area contributed by atoms with Crippen molar-refractivity contribution in [1.29, 1.82) is 0 Å². The molecule has 0 aliphatic carbocycles. The van der Waals surface area contributed by atoms with E-state index in [4.69, 9.17) is 0 Å². The van der Waals surface area contributed by atoms with Crippen LogP contribution in [0.15, 0.2) is 0 Å². The van der Waals surface area contributed by atoms with E-state index in [1.807, 2.05) is 13.8 Å². The van der Waals surface area contributed by atoms with Crippen LogP contribution in [0, 0.1) is 5.41 Å². The van der Waals surface area contributed by atoms with Crippen molar-refractivity contribution in [3.8, 4) is 0 Å². The summed E-state index contributed by atoms with van der Waals surface area (Å²) in [5.41, 5.74) is -0.132. The molecule has 0 rings (SSSR count). The summed E-state index contributed by atoms with van der Waals surface area (Å²) in [5, 5.41) is 2.44. The van der Waals surface area contributed by atoms with E-state index in [1.54, 1.807) is 0 Å². The van der Waals surface area contributed by atoms with Crippen molar-refractivity contribution in [3.05, 3.63) is 0 Å². The van der Waals surface area contributed by atoms with Crippen molar-refractivity contribution in [2.45, 2.75) is 58.8 Å². The van der Waals surface area contributed by atoms with E-state index in [2.05, 4.69) is 12.2 Å². The molecule has 0 aliphatic heterocycles. The van der Waals surface area contributed by atoms with Gasteiger partial charge in [0.1, 0.15) is 0 Å². The maximum absolute atomic E-state index is 12.6. The molecule has 104 valence electrons. The Morgan fingerprint density at radius 3 is 2.12 bits per heavy atom. The third kappa shape index (κ3) is 7.58. The van der Waals surface area contributed by atoms with Crippen molar-refractivity contribution in [3.63, 3.8) is 0 Å². The third-order valence-electron chi connectivity index (χ3n) is 2.74. The fourth-order valence-corrected chi connectivity index (χ4v) is 1.59. The van der Waals surface area contributed by atoms with E-state index >= 15 is 0 Å². The van der Waals surface area contributed by atoms with Gasteiger partial charge in [-0.1, -0.05) is 40.0 Å². The second-order valence-corrected chi connectivity index (χ2v) is 5.29. The van der Waals surface area contributed by atoms with E-state index < -0.39 is 18.9 Å². The monoisotopic (exact) mass is 257 g/mol. The Kier molecular flexibility index (Phi) is 7.05. The van der Waals surface area contributed by atoms with Crippen molar-refractivity contribution in [2.75, 3.05) is 13.1 Å². The van der Waals surface area contributed by atoms with Crippen LogP contribution in [0.1, 0.15) is 46.5 Å². The second-order valence-electron chi connectivity index (χ2n) is 5.29. The predicted molar refractivity (Wildman–Crippen MR) is 61.7 cm³/mol. The van der Waals surface area contributed by atoms with Gasteiger partial charge in [-0.3, -0.25) is 0 Å². The second kappa shape index (κ2) is 7.19. The molecule has 0 amide bonds. The molecule has 0 radical (unpaired) electrons. The van der Waals surface area contributed by atoms with Crippen LogP contribution in [0.25, 0.3) is 0 Å². The zero-order valence-electron chi connectivity index (χ0n) is 10.8. The summed E-state index contributed by atoms with van der Waals surface area (Å²) in [6.07, 6.45) is 0.562. The van der Waals surface area contributed by atoms with Gasteiger partial charge in [0.15, 0.2) is 0 Å². The van der Waals surface area contributed by atoms with E-state index in [1.165, 1.54) is 0 Å². The molecule has 0 aliphatic rings. The SMILES string of the molecule is CCCCCC(C)(C)CNCC(F)(F)C(F)F. The van der Waals surface area contributed by atoms with Crippen LogP contribution in [-0.2, 0) is 0 Å². The first-order valence-electron chi connectivity index (χ1n) is 6.08. The fourth-order valence-electron chi connectivity index (χ4n) is 1.59. The summed E-state index contributed by atoms with van der Waals surface area (Å²) in [5.74, 6) is -3.93. The number of nitrogens with one attached hydrogen (secondary N) is 1. The van der Waals surface area contributed by atoms with E-state index in [9.17, 15) is 17.6 Å². The van der Waals surface area contributed by atoms with E-state index in [0.29, 0.717) is 6.54 Å². The fraction of sp³-hybridized carbons (Fsp3) is 1.00. The molecule has 0 unspecified atom stereocenters. The number of hydrogen-bond donors (Lipinski definition) is 1. The first-order chi connectivity index (χ1) is 7.71. The summed E-state index contributed by atoms with van der Waals surface area (Å²) in [4.78, 5) is 0. The Hall–Kier alpha value is -0.320. The van der Waals surface area contributed by atoms with Gasteiger partial charge >= 0.3 is 12.3 Å². The molecule has 0 fully saturated rings. The Bertz CT molecular complexity index is 205. The van der Waals surface area contributed by atoms with Gasteiger partial charge in [-0.25, -0.2) is 8.78 Å². The zero-order chi connectivity index (χ0) is 13.5. The molecule has 0 saturated carbocycles. The van der Waals surface area contributed by atoms with Crippen molar-refractivity contribution in [2.24, 2.45) is 5.41 Å². The summed E-state index contributed by atoms with van der Waals surface area (Å²) in [6, 6.07) is 0. The molecule has 0 bridgehead atoms. The smallest absolute Gasteiger partial charge is 0.310 e. The molecule has 0 heterocycles. The molecule has 1 nitrogen and oxygen atoms in total. The van der Waals surface area contributed by atoms with E-state index in [0.717, 1.165) is 25.7 Å². The van der Waals surface area contributed by atoms with E-state index in [-0.39, 0.29) is 5.41 Å². The highest BCUT2D eigenvalue weighted by Crippen LogP contribution is 2.25. The summed E-state index contributed by atoms with van der Waals surface area (Å²) in [6.45, 7) is 5.38. The molecule has 1 N–H and O–H groups in total. The van der Waals surface area contributed by atoms with Gasteiger partial charge < -0.3 is 5.32 Å². The van der Waals surface area contributed by atoms with Gasteiger partial charge in [0.2, 0.25) is 0 Å². The Labute approximate surface area is 101 Å². The van der Waals surface area contributed by atoms with Crippen molar-refractivity contribution < 1.29 is 17.6 Å². The highest BCUT2D eigenvalue weighted by Gasteiger charge is 2.40. The zero-order valence-corrected chi connectivity index (χ0v) is 10.8.